The van der Waals surface area contributed by atoms with Gasteiger partial charge < -0.3 is 10.5 Å². The first-order chi connectivity index (χ1) is 14.7. The molecule has 30 heavy (non-hydrogen) atoms. The Morgan fingerprint density at radius 2 is 1.63 bits per heavy atom. The molecule has 0 radical (unpaired) electrons. The zero-order valence-corrected chi connectivity index (χ0v) is 16.3. The highest BCUT2D eigenvalue weighted by Gasteiger charge is 2.40. The van der Waals surface area contributed by atoms with Gasteiger partial charge in [0.25, 0.3) is 0 Å². The van der Waals surface area contributed by atoms with Crippen molar-refractivity contribution in [2.24, 2.45) is 5.73 Å². The zero-order chi connectivity index (χ0) is 20.7. The van der Waals surface area contributed by atoms with Crippen molar-refractivity contribution in [2.75, 3.05) is 0 Å². The molecule has 1 aliphatic carbocycles. The third-order valence-corrected chi connectivity index (χ3v) is 6.04. The average molecular weight is 392 g/mol. The number of ether oxygens (including phenoxy) is 1. The first-order valence-electron chi connectivity index (χ1n) is 10.0. The summed E-state index contributed by atoms with van der Waals surface area (Å²) in [6.07, 6.45) is 0.990. The second-order valence-electron chi connectivity index (χ2n) is 7.81. The van der Waals surface area contributed by atoms with E-state index in [-0.39, 0.29) is 17.6 Å². The molecule has 0 aromatic heterocycles. The van der Waals surface area contributed by atoms with Gasteiger partial charge in [-0.25, -0.2) is 0 Å². The third-order valence-electron chi connectivity index (χ3n) is 6.04. The van der Waals surface area contributed by atoms with Gasteiger partial charge in [-0.15, -0.1) is 0 Å². The molecule has 2 N–H and O–H groups in total. The monoisotopic (exact) mass is 392 g/mol. The molecule has 0 fully saturated rings. The minimum atomic E-state index is -0.493. The highest BCUT2D eigenvalue weighted by molar-refractivity contribution is 6.00. The van der Waals surface area contributed by atoms with Gasteiger partial charge in [-0.1, -0.05) is 72.8 Å². The fourth-order valence-electron chi connectivity index (χ4n) is 4.59. The maximum Gasteiger partial charge on any atom is 0.205 e. The number of hydrogen-bond donors (Lipinski definition) is 1. The average Bonchev–Trinajstić information content (AvgIpc) is 2.78. The lowest BCUT2D eigenvalue weighted by Crippen LogP contribution is -2.29. The van der Waals surface area contributed by atoms with E-state index in [1.165, 1.54) is 0 Å². The van der Waals surface area contributed by atoms with Crippen LogP contribution in [0.15, 0.2) is 95.6 Å². The SMILES string of the molecule is N#CC1=C(N)OC2=C(C(=O)C[C@@H](c3ccccc3)C2)[C@H]1c1ccc2ccccc2c1. The molecule has 0 amide bonds. The Kier molecular flexibility index (Phi) is 4.37. The molecule has 4 nitrogen and oxygen atoms in total. The Labute approximate surface area is 174 Å². The summed E-state index contributed by atoms with van der Waals surface area (Å²) in [7, 11) is 0. The lowest BCUT2D eigenvalue weighted by atomic mass is 9.73. The van der Waals surface area contributed by atoms with Gasteiger partial charge in [-0.3, -0.25) is 4.79 Å². The lowest BCUT2D eigenvalue weighted by molar-refractivity contribution is -0.117. The van der Waals surface area contributed by atoms with Crippen LogP contribution in [0.25, 0.3) is 10.8 Å². The highest BCUT2D eigenvalue weighted by atomic mass is 16.5. The van der Waals surface area contributed by atoms with Crippen molar-refractivity contribution in [1.29, 1.82) is 5.26 Å². The molecule has 1 heterocycles. The first kappa shape index (κ1) is 18.2. The van der Waals surface area contributed by atoms with E-state index in [0.717, 1.165) is 21.9 Å². The molecule has 3 aromatic carbocycles. The van der Waals surface area contributed by atoms with Crippen molar-refractivity contribution in [3.63, 3.8) is 0 Å². The maximum absolute atomic E-state index is 13.3. The highest BCUT2D eigenvalue weighted by Crippen LogP contribution is 2.47. The summed E-state index contributed by atoms with van der Waals surface area (Å²) >= 11 is 0. The van der Waals surface area contributed by atoms with Gasteiger partial charge in [0.05, 0.1) is 5.92 Å². The number of fused-ring (bicyclic) bond motifs is 1. The van der Waals surface area contributed by atoms with Crippen LogP contribution < -0.4 is 5.73 Å². The van der Waals surface area contributed by atoms with Gasteiger partial charge in [-0.05, 0) is 27.8 Å². The molecule has 0 saturated carbocycles. The van der Waals surface area contributed by atoms with E-state index in [9.17, 15) is 10.1 Å². The molecule has 0 spiro atoms. The van der Waals surface area contributed by atoms with Gasteiger partial charge in [-0.2, -0.15) is 5.26 Å². The Morgan fingerprint density at radius 1 is 0.900 bits per heavy atom. The van der Waals surface area contributed by atoms with Crippen LogP contribution in [0, 0.1) is 11.3 Å². The molecule has 0 saturated heterocycles. The molecule has 2 atom stereocenters. The normalized spacial score (nSPS) is 21.2. The van der Waals surface area contributed by atoms with Gasteiger partial charge in [0.1, 0.15) is 17.4 Å². The summed E-state index contributed by atoms with van der Waals surface area (Å²) < 4.78 is 5.85. The van der Waals surface area contributed by atoms with Gasteiger partial charge in [0.15, 0.2) is 5.78 Å². The number of hydrogen-bond acceptors (Lipinski definition) is 4. The fourth-order valence-corrected chi connectivity index (χ4v) is 4.59. The van der Waals surface area contributed by atoms with Crippen LogP contribution in [0.2, 0.25) is 0 Å². The zero-order valence-electron chi connectivity index (χ0n) is 16.3. The number of carbonyl (C=O) groups excluding carboxylic acids is 1. The van der Waals surface area contributed by atoms with E-state index in [1.807, 2.05) is 72.8 Å². The molecular weight excluding hydrogens is 372 g/mol. The van der Waals surface area contributed by atoms with Crippen molar-refractivity contribution in [3.8, 4) is 6.07 Å². The second kappa shape index (κ2) is 7.20. The van der Waals surface area contributed by atoms with Gasteiger partial charge >= 0.3 is 0 Å². The number of rotatable bonds is 2. The van der Waals surface area contributed by atoms with Crippen LogP contribution in [-0.2, 0) is 9.53 Å². The van der Waals surface area contributed by atoms with E-state index >= 15 is 0 Å². The number of Topliss-reactive ketones (excluding diaryl/α,β-unsaturated/α-hetero) is 1. The first-order valence-corrected chi connectivity index (χ1v) is 10.0. The van der Waals surface area contributed by atoms with Crippen molar-refractivity contribution in [1.82, 2.24) is 0 Å². The molecule has 0 unspecified atom stereocenters. The van der Waals surface area contributed by atoms with Crippen molar-refractivity contribution >= 4 is 16.6 Å². The molecule has 2 aliphatic rings. The van der Waals surface area contributed by atoms with E-state index < -0.39 is 5.92 Å². The van der Waals surface area contributed by atoms with Crippen molar-refractivity contribution in [3.05, 3.63) is 107 Å². The Bertz CT molecular complexity index is 1260. The van der Waals surface area contributed by atoms with Crippen molar-refractivity contribution < 1.29 is 9.53 Å². The fraction of sp³-hybridized carbons (Fsp3) is 0.154. The standard InChI is InChI=1S/C26H20N2O2/c27-15-21-24(19-11-10-17-8-4-5-9-18(17)12-19)25-22(29)13-20(14-23(25)30-26(21)28)16-6-2-1-3-7-16/h1-12,20,24H,13-14,28H2/t20-,24+/m1/s1. The van der Waals surface area contributed by atoms with E-state index in [1.54, 1.807) is 0 Å². The number of nitriles is 1. The lowest BCUT2D eigenvalue weighted by Gasteiger charge is -2.34. The summed E-state index contributed by atoms with van der Waals surface area (Å²) in [4.78, 5) is 13.3. The predicted molar refractivity (Wildman–Crippen MR) is 115 cm³/mol. The molecule has 146 valence electrons. The Morgan fingerprint density at radius 3 is 2.40 bits per heavy atom. The van der Waals surface area contributed by atoms with E-state index in [4.69, 9.17) is 10.5 Å². The van der Waals surface area contributed by atoms with Crippen LogP contribution in [0.1, 0.15) is 35.8 Å². The summed E-state index contributed by atoms with van der Waals surface area (Å²) in [6, 6.07) is 26.3. The minimum absolute atomic E-state index is 0.0171. The number of ketones is 1. The summed E-state index contributed by atoms with van der Waals surface area (Å²) in [6.45, 7) is 0. The molecule has 0 bridgehead atoms. The number of nitrogens with zero attached hydrogens (tertiary/aromatic N) is 1. The predicted octanol–water partition coefficient (Wildman–Crippen LogP) is 5.05. The molecule has 4 heteroatoms. The van der Waals surface area contributed by atoms with E-state index in [2.05, 4.69) is 6.07 Å². The third kappa shape index (κ3) is 2.96. The number of nitrogens with two attached hydrogens (primary N) is 1. The largest absolute Gasteiger partial charge is 0.444 e. The summed E-state index contributed by atoms with van der Waals surface area (Å²) in [5.74, 6) is 0.257. The molecule has 1 aliphatic heterocycles. The second-order valence-corrected chi connectivity index (χ2v) is 7.81. The molecular formula is C26H20N2O2. The maximum atomic E-state index is 13.3. The van der Waals surface area contributed by atoms with Crippen LogP contribution in [0.4, 0.5) is 0 Å². The Balaban J connectivity index is 1.62. The topological polar surface area (TPSA) is 76.1 Å². The Hall–Kier alpha value is -3.84. The minimum Gasteiger partial charge on any atom is -0.444 e. The van der Waals surface area contributed by atoms with Crippen LogP contribution in [0.5, 0.6) is 0 Å². The van der Waals surface area contributed by atoms with Gasteiger partial charge in [0, 0.05) is 18.4 Å². The summed E-state index contributed by atoms with van der Waals surface area (Å²) in [5, 5.41) is 12.0. The van der Waals surface area contributed by atoms with Crippen molar-refractivity contribution in [2.45, 2.75) is 24.7 Å². The number of carbonyl (C=O) groups is 1. The van der Waals surface area contributed by atoms with Crippen LogP contribution in [0.3, 0.4) is 0 Å². The van der Waals surface area contributed by atoms with E-state index in [0.29, 0.717) is 29.7 Å². The number of benzene rings is 3. The quantitative estimate of drug-likeness (QED) is 0.662. The summed E-state index contributed by atoms with van der Waals surface area (Å²) in [5.41, 5.74) is 9.02. The smallest absolute Gasteiger partial charge is 0.205 e. The molecule has 5 rings (SSSR count). The van der Waals surface area contributed by atoms with Crippen LogP contribution >= 0.6 is 0 Å². The van der Waals surface area contributed by atoms with Gasteiger partial charge in [0.2, 0.25) is 5.88 Å². The molecule has 3 aromatic rings. The van der Waals surface area contributed by atoms with Crippen LogP contribution in [-0.4, -0.2) is 5.78 Å². The number of allylic oxidation sites excluding steroid dienone is 3.